The molecule has 0 aliphatic heterocycles. The Morgan fingerprint density at radius 2 is 1.61 bits per heavy atom. The van der Waals surface area contributed by atoms with E-state index in [1.54, 1.807) is 28.3 Å². The van der Waals surface area contributed by atoms with Gasteiger partial charge in [0.15, 0.2) is 0 Å². The van der Waals surface area contributed by atoms with E-state index in [0.717, 1.165) is 0 Å². The Morgan fingerprint density at radius 1 is 1.06 bits per heavy atom. The second kappa shape index (κ2) is 9.23. The number of hydrogen-bond donors (Lipinski definition) is 0. The van der Waals surface area contributed by atoms with Crippen molar-refractivity contribution in [3.8, 4) is 0 Å². The molecule has 6 nitrogen and oxygen atoms in total. The predicted molar refractivity (Wildman–Crippen MR) is 68.2 cm³/mol. The zero-order valence-electron chi connectivity index (χ0n) is 11.5. The van der Waals surface area contributed by atoms with Crippen LogP contribution in [0.4, 0.5) is 0 Å². The molecule has 0 bridgehead atoms. The Labute approximate surface area is 109 Å². The van der Waals surface area contributed by atoms with Gasteiger partial charge in [-0.05, 0) is 6.92 Å². The molecule has 0 unspecified atom stereocenters. The van der Waals surface area contributed by atoms with Crippen LogP contribution >= 0.6 is 0 Å². The number of carbonyl (C=O) groups is 1. The molecule has 0 saturated carbocycles. The number of carbonyl (C=O) groups excluding carboxylic acids is 1. The van der Waals surface area contributed by atoms with Gasteiger partial charge in [-0.1, -0.05) is 6.58 Å². The van der Waals surface area contributed by atoms with Crippen molar-refractivity contribution in [2.45, 2.75) is 13.0 Å². The molecule has 0 saturated heterocycles. The minimum Gasteiger partial charge on any atom is -0.460 e. The minimum atomic E-state index is -2.56. The Balaban J connectivity index is 3.67. The average Bonchev–Trinajstić information content (AvgIpc) is 2.38. The molecule has 7 heteroatoms. The van der Waals surface area contributed by atoms with Crippen LogP contribution in [-0.2, 0) is 27.5 Å². The van der Waals surface area contributed by atoms with E-state index in [4.69, 9.17) is 22.8 Å². The topological polar surface area (TPSA) is 63.2 Å². The van der Waals surface area contributed by atoms with Crippen LogP contribution in [0.2, 0.25) is 6.04 Å². The molecule has 0 aromatic carbocycles. The molecule has 0 spiro atoms. The van der Waals surface area contributed by atoms with Gasteiger partial charge in [-0.25, -0.2) is 4.79 Å². The first-order chi connectivity index (χ1) is 8.51. The molecule has 0 atom stereocenters. The summed E-state index contributed by atoms with van der Waals surface area (Å²) in [4.78, 5) is 11.0. The van der Waals surface area contributed by atoms with Crippen molar-refractivity contribution in [3.63, 3.8) is 0 Å². The Morgan fingerprint density at radius 3 is 2.06 bits per heavy atom. The first-order valence-corrected chi connectivity index (χ1v) is 7.50. The van der Waals surface area contributed by atoms with E-state index in [9.17, 15) is 4.79 Å². The summed E-state index contributed by atoms with van der Waals surface area (Å²) < 4.78 is 25.9. The summed E-state index contributed by atoms with van der Waals surface area (Å²) in [5.41, 5.74) is 0.375. The maximum atomic E-state index is 11.0. The standard InChI is InChI=1S/C11H22O6Si/c1-10(2)11(12)17-7-6-16-8-9-18(13-3,14-4)15-5/h1,6-9H2,2-5H3. The molecule has 0 aliphatic rings. The SMILES string of the molecule is C=C(C)C(=O)OCCOCC[Si](OC)(OC)OC. The van der Waals surface area contributed by atoms with E-state index >= 15 is 0 Å². The molecule has 0 rings (SSSR count). The molecule has 0 N–H and O–H groups in total. The quantitative estimate of drug-likeness (QED) is 0.257. The van der Waals surface area contributed by atoms with Crippen molar-refractivity contribution < 1.29 is 27.5 Å². The normalized spacial score (nSPS) is 11.3. The van der Waals surface area contributed by atoms with E-state index in [-0.39, 0.29) is 6.61 Å². The fourth-order valence-corrected chi connectivity index (χ4v) is 2.68. The van der Waals surface area contributed by atoms with Crippen molar-refractivity contribution in [1.29, 1.82) is 0 Å². The smallest absolute Gasteiger partial charge is 0.460 e. The van der Waals surface area contributed by atoms with Crippen molar-refractivity contribution in [3.05, 3.63) is 12.2 Å². The average molecular weight is 278 g/mol. The monoisotopic (exact) mass is 278 g/mol. The van der Waals surface area contributed by atoms with Gasteiger partial charge in [0.2, 0.25) is 0 Å². The van der Waals surface area contributed by atoms with Gasteiger partial charge in [0.05, 0.1) is 13.2 Å². The molecule has 0 aromatic heterocycles. The van der Waals surface area contributed by atoms with Crippen LogP contribution < -0.4 is 0 Å². The van der Waals surface area contributed by atoms with Gasteiger partial charge < -0.3 is 22.8 Å². The highest BCUT2D eigenvalue weighted by atomic mass is 28.4. The third kappa shape index (κ3) is 6.27. The Kier molecular flexibility index (Phi) is 8.85. The Bertz CT molecular complexity index is 256. The first kappa shape index (κ1) is 17.3. The maximum absolute atomic E-state index is 11.0. The lowest BCUT2D eigenvalue weighted by Crippen LogP contribution is -2.43. The highest BCUT2D eigenvalue weighted by Crippen LogP contribution is 2.12. The lowest BCUT2D eigenvalue weighted by molar-refractivity contribution is -0.140. The van der Waals surface area contributed by atoms with Crippen LogP contribution in [0.15, 0.2) is 12.2 Å². The summed E-state index contributed by atoms with van der Waals surface area (Å²) >= 11 is 0. The molecule has 0 aliphatic carbocycles. The highest BCUT2D eigenvalue weighted by molar-refractivity contribution is 6.60. The van der Waals surface area contributed by atoms with Crippen LogP contribution in [0.25, 0.3) is 0 Å². The van der Waals surface area contributed by atoms with Gasteiger partial charge in [-0.3, -0.25) is 0 Å². The summed E-state index contributed by atoms with van der Waals surface area (Å²) in [6.45, 7) is 6.02. The molecule has 18 heavy (non-hydrogen) atoms. The molecule has 0 heterocycles. The van der Waals surface area contributed by atoms with Crippen molar-refractivity contribution in [2.24, 2.45) is 0 Å². The predicted octanol–water partition coefficient (Wildman–Crippen LogP) is 1.00. The minimum absolute atomic E-state index is 0.202. The summed E-state index contributed by atoms with van der Waals surface area (Å²) in [5, 5.41) is 0. The van der Waals surface area contributed by atoms with Gasteiger partial charge in [0.1, 0.15) is 6.61 Å². The van der Waals surface area contributed by atoms with Crippen molar-refractivity contribution >= 4 is 14.8 Å². The number of rotatable bonds is 10. The van der Waals surface area contributed by atoms with Crippen LogP contribution in [-0.4, -0.2) is 55.9 Å². The highest BCUT2D eigenvalue weighted by Gasteiger charge is 2.37. The number of hydrogen-bond acceptors (Lipinski definition) is 6. The Hall–Kier alpha value is -0.733. The van der Waals surface area contributed by atoms with Gasteiger partial charge in [-0.15, -0.1) is 0 Å². The first-order valence-electron chi connectivity index (χ1n) is 5.57. The zero-order chi connectivity index (χ0) is 14.0. The number of esters is 1. The van der Waals surface area contributed by atoms with Crippen molar-refractivity contribution in [1.82, 2.24) is 0 Å². The second-order valence-corrected chi connectivity index (χ2v) is 6.66. The van der Waals surface area contributed by atoms with Crippen molar-refractivity contribution in [2.75, 3.05) is 41.2 Å². The molecule has 0 amide bonds. The largest absolute Gasteiger partial charge is 0.502 e. The third-order valence-electron chi connectivity index (χ3n) is 2.29. The lowest BCUT2D eigenvalue weighted by Gasteiger charge is -2.24. The van der Waals surface area contributed by atoms with E-state index in [1.807, 2.05) is 0 Å². The molecule has 0 fully saturated rings. The fraction of sp³-hybridized carbons (Fsp3) is 0.727. The second-order valence-electron chi connectivity index (χ2n) is 3.57. The van der Waals surface area contributed by atoms with Crippen LogP contribution in [0, 0.1) is 0 Å². The fourth-order valence-electron chi connectivity index (χ4n) is 1.17. The van der Waals surface area contributed by atoms with E-state index in [1.165, 1.54) is 0 Å². The van der Waals surface area contributed by atoms with E-state index in [2.05, 4.69) is 6.58 Å². The number of ether oxygens (including phenoxy) is 2. The van der Waals surface area contributed by atoms with Gasteiger partial charge in [0.25, 0.3) is 0 Å². The lowest BCUT2D eigenvalue weighted by atomic mass is 10.4. The molecule has 0 aromatic rings. The van der Waals surface area contributed by atoms with Crippen LogP contribution in [0.1, 0.15) is 6.92 Å². The van der Waals surface area contributed by atoms with Crippen LogP contribution in [0.3, 0.4) is 0 Å². The summed E-state index contributed by atoms with van der Waals surface area (Å²) in [5.74, 6) is -0.409. The summed E-state index contributed by atoms with van der Waals surface area (Å²) in [7, 11) is 2.08. The molecular weight excluding hydrogens is 256 g/mol. The van der Waals surface area contributed by atoms with Gasteiger partial charge in [-0.2, -0.15) is 0 Å². The third-order valence-corrected chi connectivity index (χ3v) is 4.98. The van der Waals surface area contributed by atoms with E-state index in [0.29, 0.717) is 24.8 Å². The van der Waals surface area contributed by atoms with E-state index < -0.39 is 14.8 Å². The zero-order valence-corrected chi connectivity index (χ0v) is 12.5. The van der Waals surface area contributed by atoms with Gasteiger partial charge >= 0.3 is 14.8 Å². The maximum Gasteiger partial charge on any atom is 0.502 e. The summed E-state index contributed by atoms with van der Waals surface area (Å²) in [6, 6.07) is 0.547. The van der Waals surface area contributed by atoms with Gasteiger partial charge in [0, 0.05) is 32.9 Å². The molecule has 106 valence electrons. The molecule has 0 radical (unpaired) electrons. The summed E-state index contributed by atoms with van der Waals surface area (Å²) in [6.07, 6.45) is 0. The van der Waals surface area contributed by atoms with Crippen LogP contribution in [0.5, 0.6) is 0 Å². The molecular formula is C11H22O6Si.